The standard InChI is InChI=1S/C9H10N4/c1-13-9(10)8(6-12-13)7-2-4-11-5-3-7/h2-6H,10H2,1H3. The van der Waals surface area contributed by atoms with E-state index in [1.165, 1.54) is 0 Å². The van der Waals surface area contributed by atoms with Crippen LogP contribution in [0.4, 0.5) is 5.82 Å². The molecule has 2 aromatic rings. The molecular formula is C9H10N4. The summed E-state index contributed by atoms with van der Waals surface area (Å²) in [5.41, 5.74) is 7.81. The number of rotatable bonds is 1. The highest BCUT2D eigenvalue weighted by Crippen LogP contribution is 2.23. The van der Waals surface area contributed by atoms with Gasteiger partial charge in [-0.15, -0.1) is 0 Å². The van der Waals surface area contributed by atoms with Gasteiger partial charge in [0.05, 0.1) is 6.20 Å². The van der Waals surface area contributed by atoms with Crippen LogP contribution < -0.4 is 5.73 Å². The lowest BCUT2D eigenvalue weighted by atomic mass is 10.1. The zero-order chi connectivity index (χ0) is 9.26. The van der Waals surface area contributed by atoms with Gasteiger partial charge in [-0.3, -0.25) is 9.67 Å². The summed E-state index contributed by atoms with van der Waals surface area (Å²) in [7, 11) is 1.82. The van der Waals surface area contributed by atoms with E-state index in [1.54, 1.807) is 23.3 Å². The minimum atomic E-state index is 0.672. The second kappa shape index (κ2) is 2.90. The highest BCUT2D eigenvalue weighted by atomic mass is 15.3. The Hall–Kier alpha value is -1.84. The molecule has 2 heterocycles. The maximum atomic E-state index is 5.81. The highest BCUT2D eigenvalue weighted by Gasteiger charge is 2.05. The number of pyridine rings is 1. The molecule has 0 aliphatic rings. The second-order valence-electron chi connectivity index (χ2n) is 2.80. The number of nitrogen functional groups attached to an aromatic ring is 1. The third-order valence-electron chi connectivity index (χ3n) is 1.98. The van der Waals surface area contributed by atoms with Gasteiger partial charge in [-0.1, -0.05) is 0 Å². The zero-order valence-electron chi connectivity index (χ0n) is 7.31. The summed E-state index contributed by atoms with van der Waals surface area (Å²) in [5, 5.41) is 4.06. The van der Waals surface area contributed by atoms with Crippen molar-refractivity contribution in [1.29, 1.82) is 0 Å². The quantitative estimate of drug-likeness (QED) is 0.703. The first kappa shape index (κ1) is 7.79. The van der Waals surface area contributed by atoms with E-state index in [0.29, 0.717) is 5.82 Å². The van der Waals surface area contributed by atoms with E-state index >= 15 is 0 Å². The highest BCUT2D eigenvalue weighted by molar-refractivity contribution is 5.72. The number of nitrogens with two attached hydrogens (primary N) is 1. The van der Waals surface area contributed by atoms with Crippen molar-refractivity contribution in [2.75, 3.05) is 5.73 Å². The molecule has 0 aliphatic heterocycles. The molecule has 2 rings (SSSR count). The summed E-state index contributed by atoms with van der Waals surface area (Å²) >= 11 is 0. The molecule has 0 spiro atoms. The van der Waals surface area contributed by atoms with E-state index in [4.69, 9.17) is 5.73 Å². The summed E-state index contributed by atoms with van der Waals surface area (Å²) in [6, 6.07) is 3.82. The minimum Gasteiger partial charge on any atom is -0.383 e. The molecule has 0 unspecified atom stereocenters. The first-order valence-electron chi connectivity index (χ1n) is 3.97. The van der Waals surface area contributed by atoms with Crippen molar-refractivity contribution in [3.05, 3.63) is 30.7 Å². The topological polar surface area (TPSA) is 56.7 Å². The van der Waals surface area contributed by atoms with Crippen LogP contribution in [0.1, 0.15) is 0 Å². The fourth-order valence-corrected chi connectivity index (χ4v) is 1.20. The Morgan fingerprint density at radius 3 is 2.54 bits per heavy atom. The van der Waals surface area contributed by atoms with Gasteiger partial charge in [-0.2, -0.15) is 5.10 Å². The molecule has 2 N–H and O–H groups in total. The molecule has 2 aromatic heterocycles. The molecule has 0 amide bonds. The largest absolute Gasteiger partial charge is 0.383 e. The Balaban J connectivity index is 2.53. The van der Waals surface area contributed by atoms with Crippen LogP contribution >= 0.6 is 0 Å². The molecule has 0 aliphatic carbocycles. The van der Waals surface area contributed by atoms with Crippen LogP contribution in [0.2, 0.25) is 0 Å². The molecular weight excluding hydrogens is 164 g/mol. The molecule has 4 heteroatoms. The van der Waals surface area contributed by atoms with Crippen LogP contribution in [-0.2, 0) is 7.05 Å². The first-order valence-corrected chi connectivity index (χ1v) is 3.97. The van der Waals surface area contributed by atoms with Gasteiger partial charge in [0.15, 0.2) is 0 Å². The van der Waals surface area contributed by atoms with Gasteiger partial charge in [-0.05, 0) is 17.7 Å². The maximum Gasteiger partial charge on any atom is 0.129 e. The number of hydrogen-bond donors (Lipinski definition) is 1. The third-order valence-corrected chi connectivity index (χ3v) is 1.98. The Morgan fingerprint density at radius 2 is 2.00 bits per heavy atom. The average Bonchev–Trinajstić information content (AvgIpc) is 2.49. The normalized spacial score (nSPS) is 10.2. The van der Waals surface area contributed by atoms with Crippen molar-refractivity contribution < 1.29 is 0 Å². The van der Waals surface area contributed by atoms with Crippen LogP contribution in [0.25, 0.3) is 11.1 Å². The van der Waals surface area contributed by atoms with Gasteiger partial charge in [0.25, 0.3) is 0 Å². The van der Waals surface area contributed by atoms with Crippen LogP contribution in [0.15, 0.2) is 30.7 Å². The lowest BCUT2D eigenvalue weighted by molar-refractivity contribution is 0.779. The summed E-state index contributed by atoms with van der Waals surface area (Å²) in [6.07, 6.45) is 5.23. The van der Waals surface area contributed by atoms with Gasteiger partial charge in [0.2, 0.25) is 0 Å². The van der Waals surface area contributed by atoms with Gasteiger partial charge in [0, 0.05) is 25.0 Å². The van der Waals surface area contributed by atoms with Crippen LogP contribution in [0.3, 0.4) is 0 Å². The average molecular weight is 174 g/mol. The van der Waals surface area contributed by atoms with E-state index in [-0.39, 0.29) is 0 Å². The number of hydrogen-bond acceptors (Lipinski definition) is 3. The summed E-state index contributed by atoms with van der Waals surface area (Å²) < 4.78 is 1.65. The fourth-order valence-electron chi connectivity index (χ4n) is 1.20. The van der Waals surface area contributed by atoms with E-state index in [9.17, 15) is 0 Å². The summed E-state index contributed by atoms with van der Waals surface area (Å²) in [5.74, 6) is 0.672. The summed E-state index contributed by atoms with van der Waals surface area (Å²) in [6.45, 7) is 0. The smallest absolute Gasteiger partial charge is 0.129 e. The Kier molecular flexibility index (Phi) is 1.73. The number of aryl methyl sites for hydroxylation is 1. The van der Waals surface area contributed by atoms with Crippen molar-refractivity contribution in [3.63, 3.8) is 0 Å². The summed E-state index contributed by atoms with van der Waals surface area (Å²) in [4.78, 5) is 3.94. The molecule has 13 heavy (non-hydrogen) atoms. The lowest BCUT2D eigenvalue weighted by Crippen LogP contribution is -1.97. The second-order valence-corrected chi connectivity index (χ2v) is 2.80. The molecule has 0 fully saturated rings. The van der Waals surface area contributed by atoms with Crippen molar-refractivity contribution in [1.82, 2.24) is 14.8 Å². The van der Waals surface area contributed by atoms with E-state index in [2.05, 4.69) is 10.1 Å². The lowest BCUT2D eigenvalue weighted by Gasteiger charge is -1.98. The predicted octanol–water partition coefficient (Wildman–Crippen LogP) is 1.06. The fraction of sp³-hybridized carbons (Fsp3) is 0.111. The Labute approximate surface area is 76.0 Å². The molecule has 0 atom stereocenters. The van der Waals surface area contributed by atoms with Crippen LogP contribution in [0.5, 0.6) is 0 Å². The maximum absolute atomic E-state index is 5.81. The number of anilines is 1. The van der Waals surface area contributed by atoms with Gasteiger partial charge < -0.3 is 5.73 Å². The van der Waals surface area contributed by atoms with Gasteiger partial charge in [-0.25, -0.2) is 0 Å². The SMILES string of the molecule is Cn1ncc(-c2ccncc2)c1N. The molecule has 4 nitrogen and oxygen atoms in total. The van der Waals surface area contributed by atoms with Crippen molar-refractivity contribution >= 4 is 5.82 Å². The van der Waals surface area contributed by atoms with Gasteiger partial charge >= 0.3 is 0 Å². The molecule has 0 radical (unpaired) electrons. The Morgan fingerprint density at radius 1 is 1.31 bits per heavy atom. The molecule has 0 aromatic carbocycles. The Bertz CT molecular complexity index is 405. The molecule has 0 saturated carbocycles. The van der Waals surface area contributed by atoms with E-state index in [0.717, 1.165) is 11.1 Å². The van der Waals surface area contributed by atoms with Crippen LogP contribution in [-0.4, -0.2) is 14.8 Å². The molecule has 66 valence electrons. The third kappa shape index (κ3) is 1.26. The van der Waals surface area contributed by atoms with Gasteiger partial charge in [0.1, 0.15) is 5.82 Å². The predicted molar refractivity (Wildman–Crippen MR) is 50.9 cm³/mol. The van der Waals surface area contributed by atoms with E-state index in [1.807, 2.05) is 19.2 Å². The van der Waals surface area contributed by atoms with Crippen molar-refractivity contribution in [2.45, 2.75) is 0 Å². The zero-order valence-corrected chi connectivity index (χ0v) is 7.31. The van der Waals surface area contributed by atoms with Crippen molar-refractivity contribution in [3.8, 4) is 11.1 Å². The number of nitrogens with zero attached hydrogens (tertiary/aromatic N) is 3. The monoisotopic (exact) mass is 174 g/mol. The van der Waals surface area contributed by atoms with Crippen LogP contribution in [0, 0.1) is 0 Å². The molecule has 0 saturated heterocycles. The molecule has 0 bridgehead atoms. The van der Waals surface area contributed by atoms with Crippen molar-refractivity contribution in [2.24, 2.45) is 7.05 Å². The van der Waals surface area contributed by atoms with E-state index < -0.39 is 0 Å². The minimum absolute atomic E-state index is 0.672. The number of aromatic nitrogens is 3. The first-order chi connectivity index (χ1) is 6.29.